The first-order valence-corrected chi connectivity index (χ1v) is 9.12. The van der Waals surface area contributed by atoms with Gasteiger partial charge in [-0.2, -0.15) is 4.98 Å². The van der Waals surface area contributed by atoms with Gasteiger partial charge in [-0.3, -0.25) is 4.90 Å². The summed E-state index contributed by atoms with van der Waals surface area (Å²) in [7, 11) is 0. The molecule has 4 rings (SSSR count). The molecule has 128 valence electrons. The Labute approximate surface area is 137 Å². The fraction of sp³-hybridized carbons (Fsp3) is 0.882. The molecule has 1 saturated carbocycles. The van der Waals surface area contributed by atoms with Crippen molar-refractivity contribution in [2.75, 3.05) is 19.7 Å². The Bertz CT molecular complexity index is 519. The van der Waals surface area contributed by atoms with Crippen molar-refractivity contribution in [1.29, 1.82) is 0 Å². The van der Waals surface area contributed by atoms with Crippen LogP contribution in [0, 0.1) is 0 Å². The third-order valence-corrected chi connectivity index (χ3v) is 5.87. The van der Waals surface area contributed by atoms with Crippen LogP contribution in [0.25, 0.3) is 0 Å². The Hall–Kier alpha value is -0.980. The van der Waals surface area contributed by atoms with E-state index in [0.717, 1.165) is 63.6 Å². The molecule has 3 heterocycles. The van der Waals surface area contributed by atoms with Crippen LogP contribution in [0.1, 0.15) is 69.0 Å². The topological polar surface area (TPSA) is 71.6 Å². The van der Waals surface area contributed by atoms with Gasteiger partial charge in [0, 0.05) is 25.6 Å². The van der Waals surface area contributed by atoms with Gasteiger partial charge in [-0.1, -0.05) is 18.0 Å². The van der Waals surface area contributed by atoms with Gasteiger partial charge in [-0.25, -0.2) is 0 Å². The highest BCUT2D eigenvalue weighted by Crippen LogP contribution is 2.36. The zero-order valence-corrected chi connectivity index (χ0v) is 13.7. The second-order valence-corrected chi connectivity index (χ2v) is 7.38. The molecule has 0 aromatic carbocycles. The minimum atomic E-state index is -0.308. The lowest BCUT2D eigenvalue weighted by atomic mass is 9.82. The molecule has 1 aliphatic carbocycles. The Morgan fingerprint density at radius 1 is 1.13 bits per heavy atom. The minimum absolute atomic E-state index is 0.305. The molecule has 23 heavy (non-hydrogen) atoms. The summed E-state index contributed by atoms with van der Waals surface area (Å²) in [6.45, 7) is 3.36. The van der Waals surface area contributed by atoms with Crippen LogP contribution in [0.2, 0.25) is 0 Å². The van der Waals surface area contributed by atoms with Crippen molar-refractivity contribution in [2.45, 2.75) is 75.5 Å². The molecule has 1 atom stereocenters. The maximum atomic E-state index is 10.3. The fourth-order valence-electron chi connectivity index (χ4n) is 4.35. The molecule has 2 saturated heterocycles. The lowest BCUT2D eigenvalue weighted by Gasteiger charge is -2.46. The summed E-state index contributed by atoms with van der Waals surface area (Å²) < 4.78 is 11.4. The lowest BCUT2D eigenvalue weighted by molar-refractivity contribution is -0.177. The highest BCUT2D eigenvalue weighted by Gasteiger charge is 2.43. The SMILES string of the molecule is O[C@H]1CCCOC12CCN(Cc1noc(C3CCCC3)n1)CC2. The van der Waals surface area contributed by atoms with Crippen LogP contribution < -0.4 is 0 Å². The molecule has 3 fully saturated rings. The first-order valence-electron chi connectivity index (χ1n) is 9.12. The molecule has 6 nitrogen and oxygen atoms in total. The van der Waals surface area contributed by atoms with Crippen molar-refractivity contribution >= 4 is 0 Å². The van der Waals surface area contributed by atoms with Crippen LogP contribution in [-0.2, 0) is 11.3 Å². The highest BCUT2D eigenvalue weighted by molar-refractivity contribution is 4.99. The number of aliphatic hydroxyl groups is 1. The zero-order chi connectivity index (χ0) is 15.7. The number of aliphatic hydroxyl groups excluding tert-OH is 1. The molecule has 1 spiro atoms. The zero-order valence-electron chi connectivity index (χ0n) is 13.7. The van der Waals surface area contributed by atoms with E-state index in [2.05, 4.69) is 15.0 Å². The molecule has 1 aromatic heterocycles. The molecule has 0 radical (unpaired) electrons. The summed E-state index contributed by atoms with van der Waals surface area (Å²) in [4.78, 5) is 6.95. The van der Waals surface area contributed by atoms with E-state index in [9.17, 15) is 5.11 Å². The van der Waals surface area contributed by atoms with E-state index in [-0.39, 0.29) is 11.7 Å². The number of ether oxygens (including phenoxy) is 1. The van der Waals surface area contributed by atoms with E-state index in [0.29, 0.717) is 5.92 Å². The average Bonchev–Trinajstić information content (AvgIpc) is 3.24. The van der Waals surface area contributed by atoms with E-state index in [1.807, 2.05) is 0 Å². The van der Waals surface area contributed by atoms with Crippen LogP contribution in [0.4, 0.5) is 0 Å². The summed E-state index contributed by atoms with van der Waals surface area (Å²) in [6, 6.07) is 0. The molecule has 0 bridgehead atoms. The molecule has 1 N–H and O–H groups in total. The van der Waals surface area contributed by atoms with Gasteiger partial charge in [-0.05, 0) is 38.5 Å². The molecular weight excluding hydrogens is 294 g/mol. The monoisotopic (exact) mass is 321 g/mol. The number of aromatic nitrogens is 2. The molecule has 1 aromatic rings. The van der Waals surface area contributed by atoms with Crippen LogP contribution in [-0.4, -0.2) is 51.5 Å². The number of nitrogens with zero attached hydrogens (tertiary/aromatic N) is 3. The second-order valence-electron chi connectivity index (χ2n) is 7.38. The van der Waals surface area contributed by atoms with E-state index in [1.165, 1.54) is 25.7 Å². The van der Waals surface area contributed by atoms with Gasteiger partial charge < -0.3 is 14.4 Å². The molecule has 6 heteroatoms. The molecular formula is C17H27N3O3. The molecule has 3 aliphatic rings. The van der Waals surface area contributed by atoms with Crippen LogP contribution in [0.3, 0.4) is 0 Å². The van der Waals surface area contributed by atoms with Gasteiger partial charge in [0.05, 0.1) is 18.2 Å². The number of piperidine rings is 1. The molecule has 0 amide bonds. The smallest absolute Gasteiger partial charge is 0.229 e. The standard InChI is InChI=1S/C17H27N3O3/c21-14-6-3-11-22-17(14)7-9-20(10-8-17)12-15-18-16(23-19-15)13-4-1-2-5-13/h13-14,21H,1-12H2/t14-/m0/s1. The van der Waals surface area contributed by atoms with Crippen LogP contribution in [0.15, 0.2) is 4.52 Å². The van der Waals surface area contributed by atoms with Gasteiger partial charge in [-0.15, -0.1) is 0 Å². The van der Waals surface area contributed by atoms with Crippen molar-refractivity contribution in [2.24, 2.45) is 0 Å². The first kappa shape index (κ1) is 15.5. The quantitative estimate of drug-likeness (QED) is 0.920. The van der Waals surface area contributed by atoms with E-state index in [4.69, 9.17) is 9.26 Å². The normalized spacial score (nSPS) is 29.3. The highest BCUT2D eigenvalue weighted by atomic mass is 16.5. The number of hydrogen-bond donors (Lipinski definition) is 1. The number of likely N-dealkylation sites (tertiary alicyclic amines) is 1. The Kier molecular flexibility index (Phi) is 4.39. The summed E-state index contributed by atoms with van der Waals surface area (Å²) >= 11 is 0. The Balaban J connectivity index is 1.32. The van der Waals surface area contributed by atoms with Crippen molar-refractivity contribution in [3.05, 3.63) is 11.7 Å². The van der Waals surface area contributed by atoms with Crippen molar-refractivity contribution in [3.8, 4) is 0 Å². The van der Waals surface area contributed by atoms with Crippen molar-refractivity contribution in [1.82, 2.24) is 15.0 Å². The van der Waals surface area contributed by atoms with Gasteiger partial charge in [0.15, 0.2) is 5.82 Å². The first-order chi connectivity index (χ1) is 11.3. The fourth-order valence-corrected chi connectivity index (χ4v) is 4.35. The van der Waals surface area contributed by atoms with Gasteiger partial charge in [0.25, 0.3) is 0 Å². The second kappa shape index (κ2) is 6.49. The minimum Gasteiger partial charge on any atom is -0.390 e. The van der Waals surface area contributed by atoms with Gasteiger partial charge in [0.2, 0.25) is 5.89 Å². The third kappa shape index (κ3) is 3.16. The largest absolute Gasteiger partial charge is 0.390 e. The van der Waals surface area contributed by atoms with Crippen molar-refractivity contribution in [3.63, 3.8) is 0 Å². The summed E-state index contributed by atoms with van der Waals surface area (Å²) in [5.74, 6) is 2.11. The summed E-state index contributed by atoms with van der Waals surface area (Å²) in [5, 5.41) is 14.5. The van der Waals surface area contributed by atoms with Gasteiger partial charge in [0.1, 0.15) is 0 Å². The van der Waals surface area contributed by atoms with Crippen molar-refractivity contribution < 1.29 is 14.4 Å². The Morgan fingerprint density at radius 3 is 2.65 bits per heavy atom. The molecule has 2 aliphatic heterocycles. The van der Waals surface area contributed by atoms with E-state index < -0.39 is 0 Å². The van der Waals surface area contributed by atoms with Gasteiger partial charge >= 0.3 is 0 Å². The number of hydrogen-bond acceptors (Lipinski definition) is 6. The summed E-state index contributed by atoms with van der Waals surface area (Å²) in [5.41, 5.74) is -0.305. The maximum Gasteiger partial charge on any atom is 0.229 e. The lowest BCUT2D eigenvalue weighted by Crippen LogP contribution is -2.55. The van der Waals surface area contributed by atoms with Crippen LogP contribution >= 0.6 is 0 Å². The predicted octanol–water partition coefficient (Wildman–Crippen LogP) is 2.23. The maximum absolute atomic E-state index is 10.3. The molecule has 0 unspecified atom stereocenters. The van der Waals surface area contributed by atoms with E-state index in [1.54, 1.807) is 0 Å². The third-order valence-electron chi connectivity index (χ3n) is 5.87. The summed E-state index contributed by atoms with van der Waals surface area (Å²) in [6.07, 6.45) is 8.24. The average molecular weight is 321 g/mol. The number of rotatable bonds is 3. The predicted molar refractivity (Wildman–Crippen MR) is 83.9 cm³/mol. The Morgan fingerprint density at radius 2 is 1.91 bits per heavy atom. The van der Waals surface area contributed by atoms with E-state index >= 15 is 0 Å². The van der Waals surface area contributed by atoms with Crippen LogP contribution in [0.5, 0.6) is 0 Å².